The van der Waals surface area contributed by atoms with E-state index in [9.17, 15) is 10.1 Å². The van der Waals surface area contributed by atoms with Crippen LogP contribution in [0.15, 0.2) is 18.3 Å². The number of hydrogen-bond acceptors (Lipinski definition) is 5. The molecule has 2 aromatic rings. The zero-order chi connectivity index (χ0) is 14.0. The van der Waals surface area contributed by atoms with Crippen LogP contribution in [0.25, 0.3) is 5.69 Å². The Kier molecular flexibility index (Phi) is 3.57. The molecule has 0 saturated heterocycles. The number of nitrogens with two attached hydrogens (primary N) is 1. The summed E-state index contributed by atoms with van der Waals surface area (Å²) < 4.78 is 1.55. The normalized spacial score (nSPS) is 10.7. The Morgan fingerprint density at radius 1 is 1.37 bits per heavy atom. The van der Waals surface area contributed by atoms with Gasteiger partial charge in [-0.25, -0.2) is 4.68 Å². The van der Waals surface area contributed by atoms with Crippen molar-refractivity contribution in [1.29, 1.82) is 0 Å². The van der Waals surface area contributed by atoms with Gasteiger partial charge in [0.2, 0.25) is 0 Å². The fourth-order valence-electron chi connectivity index (χ4n) is 1.95. The first-order valence-electron chi connectivity index (χ1n) is 5.90. The van der Waals surface area contributed by atoms with Gasteiger partial charge in [-0.15, -0.1) is 5.10 Å². The molecular formula is C12H15N5O2. The first-order chi connectivity index (χ1) is 9.02. The highest BCUT2D eigenvalue weighted by atomic mass is 16.6. The zero-order valence-electron chi connectivity index (χ0n) is 10.8. The zero-order valence-corrected chi connectivity index (χ0v) is 10.8. The van der Waals surface area contributed by atoms with E-state index in [4.69, 9.17) is 5.73 Å². The largest absolute Gasteiger partial charge is 0.330 e. The molecule has 100 valence electrons. The van der Waals surface area contributed by atoms with Crippen LogP contribution in [0, 0.1) is 24.0 Å². The van der Waals surface area contributed by atoms with E-state index in [2.05, 4.69) is 10.3 Å². The molecular weight excluding hydrogens is 246 g/mol. The molecule has 2 N–H and O–H groups in total. The highest BCUT2D eigenvalue weighted by molar-refractivity contribution is 5.53. The molecule has 7 nitrogen and oxygen atoms in total. The van der Waals surface area contributed by atoms with Gasteiger partial charge in [0.1, 0.15) is 0 Å². The van der Waals surface area contributed by atoms with Gasteiger partial charge in [0, 0.05) is 18.1 Å². The van der Waals surface area contributed by atoms with Crippen molar-refractivity contribution in [2.45, 2.75) is 20.3 Å². The molecule has 19 heavy (non-hydrogen) atoms. The molecule has 0 atom stereocenters. The molecule has 0 aliphatic rings. The average Bonchev–Trinajstić information content (AvgIpc) is 2.77. The van der Waals surface area contributed by atoms with Crippen molar-refractivity contribution < 1.29 is 4.92 Å². The predicted octanol–water partition coefficient (Wildman–Crippen LogP) is 1.29. The lowest BCUT2D eigenvalue weighted by Gasteiger charge is -2.06. The van der Waals surface area contributed by atoms with E-state index in [-0.39, 0.29) is 5.69 Å². The number of rotatable bonds is 4. The molecule has 1 heterocycles. The quantitative estimate of drug-likeness (QED) is 0.660. The minimum Gasteiger partial charge on any atom is -0.330 e. The summed E-state index contributed by atoms with van der Waals surface area (Å²) in [6.07, 6.45) is 2.38. The number of aryl methyl sites for hydroxylation is 2. The van der Waals surface area contributed by atoms with Gasteiger partial charge in [-0.05, 0) is 32.0 Å². The topological polar surface area (TPSA) is 99.9 Å². The summed E-state index contributed by atoms with van der Waals surface area (Å²) in [6, 6.07) is 3.29. The maximum atomic E-state index is 11.0. The van der Waals surface area contributed by atoms with Gasteiger partial charge in [0.15, 0.2) is 0 Å². The number of aromatic nitrogens is 3. The first kappa shape index (κ1) is 13.2. The number of nitro groups is 1. The molecule has 1 aromatic carbocycles. The second-order valence-corrected chi connectivity index (χ2v) is 4.38. The van der Waals surface area contributed by atoms with Gasteiger partial charge >= 0.3 is 0 Å². The van der Waals surface area contributed by atoms with E-state index in [0.717, 1.165) is 11.3 Å². The van der Waals surface area contributed by atoms with Crippen LogP contribution in [0.1, 0.15) is 16.8 Å². The van der Waals surface area contributed by atoms with Gasteiger partial charge in [0.05, 0.1) is 22.5 Å². The second-order valence-electron chi connectivity index (χ2n) is 4.38. The summed E-state index contributed by atoms with van der Waals surface area (Å²) >= 11 is 0. The van der Waals surface area contributed by atoms with E-state index in [0.29, 0.717) is 24.2 Å². The minimum absolute atomic E-state index is 0.0801. The van der Waals surface area contributed by atoms with Crippen molar-refractivity contribution in [3.8, 4) is 5.69 Å². The fourth-order valence-corrected chi connectivity index (χ4v) is 1.95. The molecule has 2 rings (SSSR count). The third-order valence-corrected chi connectivity index (χ3v) is 2.90. The van der Waals surface area contributed by atoms with Crippen LogP contribution in [0.2, 0.25) is 0 Å². The maximum Gasteiger partial charge on any atom is 0.274 e. The van der Waals surface area contributed by atoms with Gasteiger partial charge in [0.25, 0.3) is 5.69 Å². The van der Waals surface area contributed by atoms with Crippen LogP contribution in [0.5, 0.6) is 0 Å². The van der Waals surface area contributed by atoms with Gasteiger partial charge < -0.3 is 5.73 Å². The summed E-state index contributed by atoms with van der Waals surface area (Å²) in [5, 5.41) is 18.9. The smallest absolute Gasteiger partial charge is 0.274 e. The van der Waals surface area contributed by atoms with Crippen LogP contribution in [0.4, 0.5) is 5.69 Å². The maximum absolute atomic E-state index is 11.0. The molecule has 7 heteroatoms. The van der Waals surface area contributed by atoms with E-state index in [1.54, 1.807) is 23.9 Å². The van der Waals surface area contributed by atoms with Crippen molar-refractivity contribution in [1.82, 2.24) is 15.0 Å². The van der Waals surface area contributed by atoms with Gasteiger partial charge in [-0.3, -0.25) is 10.1 Å². The van der Waals surface area contributed by atoms with Crippen LogP contribution >= 0.6 is 0 Å². The summed E-state index contributed by atoms with van der Waals surface area (Å²) in [7, 11) is 0. The summed E-state index contributed by atoms with van der Waals surface area (Å²) in [4.78, 5) is 10.6. The lowest BCUT2D eigenvalue weighted by molar-refractivity contribution is -0.385. The third-order valence-electron chi connectivity index (χ3n) is 2.90. The minimum atomic E-state index is -0.393. The lowest BCUT2D eigenvalue weighted by atomic mass is 10.1. The highest BCUT2D eigenvalue weighted by Crippen LogP contribution is 2.24. The molecule has 1 aromatic heterocycles. The number of benzene rings is 1. The summed E-state index contributed by atoms with van der Waals surface area (Å²) in [5.74, 6) is 0. The number of nitrogens with zero attached hydrogens (tertiary/aromatic N) is 4. The van der Waals surface area contributed by atoms with Crippen LogP contribution < -0.4 is 5.73 Å². The Balaban J connectivity index is 2.48. The molecule has 0 spiro atoms. The lowest BCUT2D eigenvalue weighted by Crippen LogP contribution is -2.03. The second kappa shape index (κ2) is 5.15. The molecule has 0 saturated carbocycles. The standard InChI is InChI=1S/C12H15N5O2/c1-8-5-9(2)12(17(18)19)6-11(8)16-7-10(3-4-13)14-15-16/h5-7H,3-4,13H2,1-2H3. The Morgan fingerprint density at radius 3 is 2.74 bits per heavy atom. The van der Waals surface area contributed by atoms with Gasteiger partial charge in [-0.1, -0.05) is 5.21 Å². The van der Waals surface area contributed by atoms with Gasteiger partial charge in [-0.2, -0.15) is 0 Å². The van der Waals surface area contributed by atoms with Crippen LogP contribution in [-0.4, -0.2) is 26.5 Å². The summed E-state index contributed by atoms with van der Waals surface area (Å²) in [5.41, 5.74) is 8.51. The van der Waals surface area contributed by atoms with Crippen molar-refractivity contribution in [2.24, 2.45) is 5.73 Å². The van der Waals surface area contributed by atoms with Crippen molar-refractivity contribution in [3.05, 3.63) is 45.3 Å². The third kappa shape index (κ3) is 2.60. The van der Waals surface area contributed by atoms with Crippen molar-refractivity contribution in [3.63, 3.8) is 0 Å². The molecule has 0 radical (unpaired) electrons. The Hall–Kier alpha value is -2.28. The molecule has 0 unspecified atom stereocenters. The SMILES string of the molecule is Cc1cc(C)c([N+](=O)[O-])cc1-n1cc(CCN)nn1. The monoisotopic (exact) mass is 261 g/mol. The van der Waals surface area contributed by atoms with Crippen LogP contribution in [0.3, 0.4) is 0 Å². The Bertz CT molecular complexity index is 621. The van der Waals surface area contributed by atoms with E-state index < -0.39 is 4.92 Å². The van der Waals surface area contributed by atoms with Crippen LogP contribution in [-0.2, 0) is 6.42 Å². The molecule has 0 aliphatic heterocycles. The van der Waals surface area contributed by atoms with E-state index >= 15 is 0 Å². The molecule has 0 bridgehead atoms. The highest BCUT2D eigenvalue weighted by Gasteiger charge is 2.15. The molecule has 0 fully saturated rings. The number of hydrogen-bond donors (Lipinski definition) is 1. The molecule has 0 aliphatic carbocycles. The Labute approximate surface area is 110 Å². The van der Waals surface area contributed by atoms with E-state index in [1.807, 2.05) is 6.92 Å². The molecule has 0 amide bonds. The van der Waals surface area contributed by atoms with Crippen molar-refractivity contribution in [2.75, 3.05) is 6.54 Å². The predicted molar refractivity (Wildman–Crippen MR) is 70.2 cm³/mol. The van der Waals surface area contributed by atoms with Crippen molar-refractivity contribution >= 4 is 5.69 Å². The summed E-state index contributed by atoms with van der Waals surface area (Å²) in [6.45, 7) is 4.10. The number of nitro benzene ring substituents is 1. The fraction of sp³-hybridized carbons (Fsp3) is 0.333. The Morgan fingerprint density at radius 2 is 2.11 bits per heavy atom. The van der Waals surface area contributed by atoms with E-state index in [1.165, 1.54) is 6.07 Å². The first-order valence-corrected chi connectivity index (χ1v) is 5.90. The average molecular weight is 261 g/mol.